The smallest absolute Gasteiger partial charge is 0.258 e. The van der Waals surface area contributed by atoms with E-state index in [2.05, 4.69) is 42.2 Å². The molecule has 2 aromatic carbocycles. The summed E-state index contributed by atoms with van der Waals surface area (Å²) in [5, 5.41) is 10.7. The number of para-hydroxylation sites is 1. The van der Waals surface area contributed by atoms with E-state index in [1.165, 1.54) is 10.9 Å². The third-order valence-electron chi connectivity index (χ3n) is 5.84. The van der Waals surface area contributed by atoms with E-state index in [0.29, 0.717) is 12.0 Å². The largest absolute Gasteiger partial charge is 0.396 e. The Morgan fingerprint density at radius 2 is 1.90 bits per heavy atom. The van der Waals surface area contributed by atoms with Gasteiger partial charge >= 0.3 is 0 Å². The molecule has 0 radical (unpaired) electrons. The lowest BCUT2D eigenvalue weighted by molar-refractivity contribution is -0.112. The molecule has 2 heterocycles. The molecule has 1 aromatic heterocycles. The Labute approximate surface area is 177 Å². The van der Waals surface area contributed by atoms with Crippen LogP contribution in [0, 0.1) is 0 Å². The fraction of sp³-hybridized carbons (Fsp3) is 0.320. The number of hydrogen-bond acceptors (Lipinski definition) is 3. The highest BCUT2D eigenvalue weighted by atomic mass is 16.3. The van der Waals surface area contributed by atoms with Gasteiger partial charge in [-0.15, -0.1) is 0 Å². The Hall–Kier alpha value is -2.89. The minimum absolute atomic E-state index is 0.00622. The fourth-order valence-electron chi connectivity index (χ4n) is 4.37. The number of anilines is 1. The molecule has 1 aliphatic rings. The Kier molecular flexibility index (Phi) is 5.75. The van der Waals surface area contributed by atoms with Gasteiger partial charge in [0.25, 0.3) is 5.91 Å². The summed E-state index contributed by atoms with van der Waals surface area (Å²) in [5.41, 5.74) is 6.88. The maximum Gasteiger partial charge on any atom is 0.258 e. The monoisotopic (exact) mass is 403 g/mol. The number of benzene rings is 2. The fourth-order valence-corrected chi connectivity index (χ4v) is 4.37. The molecule has 156 valence electrons. The second-order valence-corrected chi connectivity index (χ2v) is 8.18. The molecule has 0 spiro atoms. The molecule has 5 heteroatoms. The van der Waals surface area contributed by atoms with Crippen LogP contribution >= 0.6 is 0 Å². The molecule has 0 fully saturated rings. The first kappa shape index (κ1) is 20.4. The zero-order chi connectivity index (χ0) is 21.3. The van der Waals surface area contributed by atoms with Crippen molar-refractivity contribution in [1.82, 2.24) is 9.88 Å². The summed E-state index contributed by atoms with van der Waals surface area (Å²) in [5.74, 6) is -0.00622. The van der Waals surface area contributed by atoms with E-state index in [4.69, 9.17) is 0 Å². The van der Waals surface area contributed by atoms with Gasteiger partial charge in [0.15, 0.2) is 0 Å². The van der Waals surface area contributed by atoms with Crippen LogP contribution in [-0.2, 0) is 17.6 Å². The van der Waals surface area contributed by atoms with E-state index in [-0.39, 0.29) is 12.5 Å². The molecular formula is C25H29N3O2. The Balaban J connectivity index is 1.83. The molecule has 2 N–H and O–H groups in total. The zero-order valence-corrected chi connectivity index (χ0v) is 17.9. The van der Waals surface area contributed by atoms with Crippen molar-refractivity contribution in [3.8, 4) is 0 Å². The van der Waals surface area contributed by atoms with Crippen LogP contribution in [0.3, 0.4) is 0 Å². The quantitative estimate of drug-likeness (QED) is 0.591. The number of aliphatic hydroxyl groups is 1. The number of hydrogen-bond donors (Lipinski definition) is 2. The van der Waals surface area contributed by atoms with E-state index >= 15 is 0 Å². The molecule has 4 rings (SSSR count). The van der Waals surface area contributed by atoms with E-state index in [1.807, 2.05) is 37.4 Å². The Morgan fingerprint density at radius 1 is 1.10 bits per heavy atom. The van der Waals surface area contributed by atoms with Crippen molar-refractivity contribution in [2.75, 3.05) is 39.2 Å². The summed E-state index contributed by atoms with van der Waals surface area (Å²) in [4.78, 5) is 20.6. The standard InChI is InChI=1S/C25H29N3O2/c1-27(2)14-7-10-19-18-9-4-5-11-21(18)26-22(19)16-20-24-17(13-15-29)8-6-12-23(24)28(3)25(20)30/h4-6,8-9,11-12,16,26,29H,7,10,13-15H2,1-3H3/b20-16-. The van der Waals surface area contributed by atoms with Crippen molar-refractivity contribution < 1.29 is 9.90 Å². The van der Waals surface area contributed by atoms with Crippen LogP contribution in [0.1, 0.15) is 28.8 Å². The Bertz CT molecular complexity index is 1110. The summed E-state index contributed by atoms with van der Waals surface area (Å²) in [6.45, 7) is 1.07. The second-order valence-electron chi connectivity index (χ2n) is 8.18. The number of H-pyrrole nitrogens is 1. The second kappa shape index (κ2) is 8.46. The molecule has 0 aliphatic carbocycles. The molecule has 30 heavy (non-hydrogen) atoms. The third kappa shape index (κ3) is 3.66. The highest BCUT2D eigenvalue weighted by molar-refractivity contribution is 6.36. The minimum atomic E-state index is -0.00622. The van der Waals surface area contributed by atoms with Gasteiger partial charge in [-0.1, -0.05) is 30.3 Å². The van der Waals surface area contributed by atoms with Crippen molar-refractivity contribution in [2.24, 2.45) is 0 Å². The lowest BCUT2D eigenvalue weighted by Crippen LogP contribution is -2.20. The molecule has 0 saturated heterocycles. The van der Waals surface area contributed by atoms with Gasteiger partial charge in [-0.25, -0.2) is 0 Å². The number of amides is 1. The van der Waals surface area contributed by atoms with Crippen LogP contribution in [0.5, 0.6) is 0 Å². The van der Waals surface area contributed by atoms with E-state index in [1.54, 1.807) is 4.90 Å². The van der Waals surface area contributed by atoms with Gasteiger partial charge in [0.2, 0.25) is 0 Å². The van der Waals surface area contributed by atoms with E-state index in [0.717, 1.165) is 47.4 Å². The number of aromatic amines is 1. The minimum Gasteiger partial charge on any atom is -0.396 e. The number of aromatic nitrogens is 1. The molecule has 1 aliphatic heterocycles. The third-order valence-corrected chi connectivity index (χ3v) is 5.84. The molecule has 1 amide bonds. The van der Waals surface area contributed by atoms with Gasteiger partial charge in [0.05, 0.1) is 11.3 Å². The summed E-state index contributed by atoms with van der Waals surface area (Å²) < 4.78 is 0. The molecule has 0 saturated carbocycles. The summed E-state index contributed by atoms with van der Waals surface area (Å²) >= 11 is 0. The highest BCUT2D eigenvalue weighted by Crippen LogP contribution is 2.40. The predicted octanol–water partition coefficient (Wildman–Crippen LogP) is 3.71. The first-order chi connectivity index (χ1) is 14.5. The number of nitrogens with zero attached hydrogens (tertiary/aromatic N) is 2. The van der Waals surface area contributed by atoms with Crippen LogP contribution in [-0.4, -0.2) is 55.2 Å². The van der Waals surface area contributed by atoms with Crippen LogP contribution < -0.4 is 4.90 Å². The maximum atomic E-state index is 13.1. The van der Waals surface area contributed by atoms with Crippen molar-refractivity contribution in [2.45, 2.75) is 19.3 Å². The first-order valence-electron chi connectivity index (χ1n) is 10.5. The maximum absolute atomic E-state index is 13.1. The van der Waals surface area contributed by atoms with Gasteiger partial charge < -0.3 is 19.9 Å². The number of carbonyl (C=O) groups is 1. The summed E-state index contributed by atoms with van der Waals surface area (Å²) in [6.07, 6.45) is 4.53. The number of rotatable bonds is 7. The van der Waals surface area contributed by atoms with Crippen molar-refractivity contribution in [1.29, 1.82) is 0 Å². The number of nitrogens with one attached hydrogen (secondary N) is 1. The summed E-state index contributed by atoms with van der Waals surface area (Å²) in [7, 11) is 5.99. The lowest BCUT2D eigenvalue weighted by atomic mass is 9.96. The molecule has 5 nitrogen and oxygen atoms in total. The average molecular weight is 404 g/mol. The van der Waals surface area contributed by atoms with Gasteiger partial charge in [0.1, 0.15) is 0 Å². The SMILES string of the molecule is CN(C)CCCc1c(/C=C2\C(=O)N(C)c3cccc(CCO)c32)[nH]c2ccccc12. The topological polar surface area (TPSA) is 59.6 Å². The predicted molar refractivity (Wildman–Crippen MR) is 124 cm³/mol. The van der Waals surface area contributed by atoms with Crippen LogP contribution in [0.15, 0.2) is 42.5 Å². The van der Waals surface area contributed by atoms with E-state index < -0.39 is 0 Å². The first-order valence-corrected chi connectivity index (χ1v) is 10.5. The molecule has 0 atom stereocenters. The van der Waals surface area contributed by atoms with Crippen LogP contribution in [0.4, 0.5) is 5.69 Å². The lowest BCUT2D eigenvalue weighted by Gasteiger charge is -2.10. The highest BCUT2D eigenvalue weighted by Gasteiger charge is 2.32. The zero-order valence-electron chi connectivity index (χ0n) is 17.9. The molecule has 0 bridgehead atoms. The number of likely N-dealkylation sites (N-methyl/N-ethyl adjacent to an activating group) is 1. The molecule has 0 unspecified atom stereocenters. The number of fused-ring (bicyclic) bond motifs is 2. The average Bonchev–Trinajstić information content (AvgIpc) is 3.19. The van der Waals surface area contributed by atoms with Crippen LogP contribution in [0.25, 0.3) is 22.6 Å². The van der Waals surface area contributed by atoms with E-state index in [9.17, 15) is 9.90 Å². The Morgan fingerprint density at radius 3 is 2.67 bits per heavy atom. The van der Waals surface area contributed by atoms with Gasteiger partial charge in [0, 0.05) is 35.8 Å². The van der Waals surface area contributed by atoms with Gasteiger partial charge in [-0.2, -0.15) is 0 Å². The molecule has 3 aromatic rings. The van der Waals surface area contributed by atoms with Gasteiger partial charge in [-0.05, 0) is 69.2 Å². The number of aryl methyl sites for hydroxylation is 1. The normalized spacial score (nSPS) is 15.0. The number of aliphatic hydroxyl groups excluding tert-OH is 1. The van der Waals surface area contributed by atoms with Gasteiger partial charge in [-0.3, -0.25) is 4.79 Å². The molecular weight excluding hydrogens is 374 g/mol. The number of carbonyl (C=O) groups excluding carboxylic acids is 1. The van der Waals surface area contributed by atoms with Crippen molar-refractivity contribution in [3.05, 3.63) is 64.8 Å². The van der Waals surface area contributed by atoms with Crippen LogP contribution in [0.2, 0.25) is 0 Å². The van der Waals surface area contributed by atoms with Crippen molar-refractivity contribution in [3.63, 3.8) is 0 Å². The van der Waals surface area contributed by atoms with Crippen molar-refractivity contribution >= 4 is 34.1 Å². The summed E-state index contributed by atoms with van der Waals surface area (Å²) in [6, 6.07) is 14.2.